The number of rotatable bonds is 5. The molecule has 0 spiro atoms. The van der Waals surface area contributed by atoms with Crippen LogP contribution in [0.25, 0.3) is 10.9 Å². The van der Waals surface area contributed by atoms with Gasteiger partial charge in [0.1, 0.15) is 12.3 Å². The topological polar surface area (TPSA) is 66.2 Å². The number of fused-ring (bicyclic) bond motifs is 1. The molecule has 0 saturated heterocycles. The molecule has 0 aliphatic rings. The Labute approximate surface area is 116 Å². The molecule has 0 fully saturated rings. The molecule has 0 bridgehead atoms. The van der Waals surface area contributed by atoms with Crippen molar-refractivity contribution in [1.29, 1.82) is 0 Å². The molecule has 0 unspecified atom stereocenters. The second-order valence-corrected chi connectivity index (χ2v) is 4.72. The van der Waals surface area contributed by atoms with Gasteiger partial charge in [0.15, 0.2) is 5.76 Å². The normalized spacial score (nSPS) is 11.3. The molecule has 0 amide bonds. The highest BCUT2D eigenvalue weighted by atomic mass is 16.5. The maximum Gasteiger partial charge on any atom is 0.162 e. The summed E-state index contributed by atoms with van der Waals surface area (Å²) in [6.45, 7) is 1.62. The zero-order valence-corrected chi connectivity index (χ0v) is 11.4. The summed E-state index contributed by atoms with van der Waals surface area (Å²) < 4.78 is 12.4. The standard InChI is InChI=1S/C15H17N3O2/c1-19-10-14-7-13(17-20-14)9-18-6-5-11-3-2-4-12(8-16)15(11)18/h2-7H,8-10,16H2,1H3. The average molecular weight is 271 g/mol. The van der Waals surface area contributed by atoms with Crippen molar-refractivity contribution in [1.82, 2.24) is 9.72 Å². The Hall–Kier alpha value is -2.11. The highest BCUT2D eigenvalue weighted by Gasteiger charge is 2.09. The molecule has 2 aromatic heterocycles. The van der Waals surface area contributed by atoms with Gasteiger partial charge in [0.05, 0.1) is 12.1 Å². The Balaban J connectivity index is 1.93. The fourth-order valence-corrected chi connectivity index (χ4v) is 2.45. The number of nitrogens with zero attached hydrogens (tertiary/aromatic N) is 2. The van der Waals surface area contributed by atoms with Crippen molar-refractivity contribution in [2.24, 2.45) is 5.73 Å². The van der Waals surface area contributed by atoms with Gasteiger partial charge in [0.2, 0.25) is 0 Å². The highest BCUT2D eigenvalue weighted by molar-refractivity contribution is 5.83. The lowest BCUT2D eigenvalue weighted by atomic mass is 10.1. The van der Waals surface area contributed by atoms with E-state index in [0.29, 0.717) is 19.7 Å². The van der Waals surface area contributed by atoms with Crippen molar-refractivity contribution in [3.8, 4) is 0 Å². The van der Waals surface area contributed by atoms with Crippen molar-refractivity contribution < 1.29 is 9.26 Å². The molecule has 5 heteroatoms. The lowest BCUT2D eigenvalue weighted by molar-refractivity contribution is 0.155. The predicted octanol–water partition coefficient (Wildman–Crippen LogP) is 2.28. The summed E-state index contributed by atoms with van der Waals surface area (Å²) in [5.41, 5.74) is 8.98. The van der Waals surface area contributed by atoms with Crippen molar-refractivity contribution in [3.05, 3.63) is 53.5 Å². The van der Waals surface area contributed by atoms with Gasteiger partial charge < -0.3 is 19.6 Å². The Morgan fingerprint density at radius 2 is 2.25 bits per heavy atom. The van der Waals surface area contributed by atoms with E-state index in [9.17, 15) is 0 Å². The SMILES string of the molecule is COCc1cc(Cn2ccc3cccc(CN)c32)no1. The van der Waals surface area contributed by atoms with E-state index in [1.807, 2.05) is 12.1 Å². The Kier molecular flexibility index (Phi) is 3.54. The van der Waals surface area contributed by atoms with Crippen molar-refractivity contribution in [2.45, 2.75) is 19.7 Å². The van der Waals surface area contributed by atoms with Crippen LogP contribution in [0.1, 0.15) is 17.0 Å². The van der Waals surface area contributed by atoms with Crippen LogP contribution in [0.3, 0.4) is 0 Å². The summed E-state index contributed by atoms with van der Waals surface area (Å²) in [6, 6.07) is 10.2. The number of aromatic nitrogens is 2. The molecule has 3 aromatic rings. The molecule has 3 rings (SSSR count). The third kappa shape index (κ3) is 2.33. The van der Waals surface area contributed by atoms with Crippen LogP contribution < -0.4 is 5.73 Å². The second-order valence-electron chi connectivity index (χ2n) is 4.72. The number of hydrogen-bond donors (Lipinski definition) is 1. The van der Waals surface area contributed by atoms with Gasteiger partial charge in [-0.2, -0.15) is 0 Å². The van der Waals surface area contributed by atoms with Crippen LogP contribution in [0, 0.1) is 0 Å². The zero-order valence-electron chi connectivity index (χ0n) is 11.4. The maximum atomic E-state index is 5.82. The van der Waals surface area contributed by atoms with Gasteiger partial charge in [-0.15, -0.1) is 0 Å². The van der Waals surface area contributed by atoms with Crippen molar-refractivity contribution in [2.75, 3.05) is 7.11 Å². The minimum absolute atomic E-state index is 0.438. The summed E-state index contributed by atoms with van der Waals surface area (Å²) in [5.74, 6) is 0.734. The lowest BCUT2D eigenvalue weighted by Gasteiger charge is -2.06. The van der Waals surface area contributed by atoms with Gasteiger partial charge in [0.25, 0.3) is 0 Å². The fraction of sp³-hybridized carbons (Fsp3) is 0.267. The third-order valence-corrected chi connectivity index (χ3v) is 3.32. The van der Waals surface area contributed by atoms with Gasteiger partial charge in [-0.3, -0.25) is 0 Å². The van der Waals surface area contributed by atoms with E-state index in [1.54, 1.807) is 7.11 Å². The first kappa shape index (κ1) is 12.9. The monoisotopic (exact) mass is 271 g/mol. The first-order valence-electron chi connectivity index (χ1n) is 6.52. The molecule has 104 valence electrons. The Morgan fingerprint density at radius 1 is 1.35 bits per heavy atom. The summed E-state index contributed by atoms with van der Waals surface area (Å²) in [5, 5.41) is 5.25. The number of benzene rings is 1. The quantitative estimate of drug-likeness (QED) is 0.773. The molecule has 0 radical (unpaired) electrons. The maximum absolute atomic E-state index is 5.82. The minimum Gasteiger partial charge on any atom is -0.377 e. The highest BCUT2D eigenvalue weighted by Crippen LogP contribution is 2.21. The van der Waals surface area contributed by atoms with Crippen LogP contribution in [0.15, 0.2) is 41.1 Å². The van der Waals surface area contributed by atoms with Gasteiger partial charge in [0, 0.05) is 25.9 Å². The molecule has 0 saturated carbocycles. The van der Waals surface area contributed by atoms with Gasteiger partial charge in [-0.05, 0) is 17.0 Å². The molecule has 20 heavy (non-hydrogen) atoms. The summed E-state index contributed by atoms with van der Waals surface area (Å²) in [6.07, 6.45) is 2.05. The van der Waals surface area contributed by atoms with Crippen LogP contribution in [0.4, 0.5) is 0 Å². The molecule has 0 aliphatic carbocycles. The van der Waals surface area contributed by atoms with Crippen molar-refractivity contribution in [3.63, 3.8) is 0 Å². The molecule has 0 aliphatic heterocycles. The van der Waals surface area contributed by atoms with E-state index in [0.717, 1.165) is 22.5 Å². The zero-order chi connectivity index (χ0) is 13.9. The molecule has 5 nitrogen and oxygen atoms in total. The molecule has 2 heterocycles. The van der Waals surface area contributed by atoms with Gasteiger partial charge in [-0.25, -0.2) is 0 Å². The predicted molar refractivity (Wildman–Crippen MR) is 76.1 cm³/mol. The first-order valence-corrected chi connectivity index (χ1v) is 6.52. The number of methoxy groups -OCH3 is 1. The molecule has 2 N–H and O–H groups in total. The van der Waals surface area contributed by atoms with Crippen LogP contribution in [-0.2, 0) is 24.4 Å². The number of para-hydroxylation sites is 1. The van der Waals surface area contributed by atoms with Crippen LogP contribution in [0.2, 0.25) is 0 Å². The van der Waals surface area contributed by atoms with E-state index < -0.39 is 0 Å². The smallest absolute Gasteiger partial charge is 0.162 e. The number of ether oxygens (including phenoxy) is 1. The van der Waals surface area contributed by atoms with E-state index in [1.165, 1.54) is 5.39 Å². The number of nitrogens with two attached hydrogens (primary N) is 1. The summed E-state index contributed by atoms with van der Waals surface area (Å²) in [7, 11) is 1.63. The van der Waals surface area contributed by atoms with Crippen LogP contribution >= 0.6 is 0 Å². The second kappa shape index (κ2) is 5.48. The fourth-order valence-electron chi connectivity index (χ4n) is 2.45. The van der Waals surface area contributed by atoms with Gasteiger partial charge in [-0.1, -0.05) is 23.4 Å². The van der Waals surface area contributed by atoms with E-state index in [4.69, 9.17) is 15.0 Å². The first-order chi connectivity index (χ1) is 9.81. The van der Waals surface area contributed by atoms with E-state index >= 15 is 0 Å². The lowest BCUT2D eigenvalue weighted by Crippen LogP contribution is -2.03. The third-order valence-electron chi connectivity index (χ3n) is 3.32. The van der Waals surface area contributed by atoms with E-state index in [-0.39, 0.29) is 0 Å². The Morgan fingerprint density at radius 3 is 3.05 bits per heavy atom. The van der Waals surface area contributed by atoms with Crippen molar-refractivity contribution >= 4 is 10.9 Å². The largest absolute Gasteiger partial charge is 0.377 e. The summed E-state index contributed by atoms with van der Waals surface area (Å²) in [4.78, 5) is 0. The molecule has 0 atom stereocenters. The Bertz CT molecular complexity index is 715. The van der Waals surface area contributed by atoms with E-state index in [2.05, 4.69) is 34.1 Å². The molecular formula is C15H17N3O2. The van der Waals surface area contributed by atoms with Gasteiger partial charge >= 0.3 is 0 Å². The summed E-state index contributed by atoms with van der Waals surface area (Å²) >= 11 is 0. The molecular weight excluding hydrogens is 254 g/mol. The average Bonchev–Trinajstić information content (AvgIpc) is 3.07. The molecule has 1 aromatic carbocycles. The number of hydrogen-bond acceptors (Lipinski definition) is 4. The van der Waals surface area contributed by atoms with Crippen LogP contribution in [-0.4, -0.2) is 16.8 Å². The van der Waals surface area contributed by atoms with Crippen LogP contribution in [0.5, 0.6) is 0 Å². The minimum atomic E-state index is 0.438.